The monoisotopic (exact) mass is 249 g/mol. The van der Waals surface area contributed by atoms with Crippen molar-refractivity contribution in [3.05, 3.63) is 47.1 Å². The Morgan fingerprint density at radius 2 is 2.12 bits per heavy atom. The number of nitrogen functional groups attached to an aromatic ring is 1. The average molecular weight is 250 g/mol. The van der Waals surface area contributed by atoms with Gasteiger partial charge >= 0.3 is 0 Å². The summed E-state index contributed by atoms with van der Waals surface area (Å²) in [7, 11) is 0. The number of pyridine rings is 1. The highest BCUT2D eigenvalue weighted by Crippen LogP contribution is 2.17. The predicted octanol–water partition coefficient (Wildman–Crippen LogP) is 2.63. The van der Waals surface area contributed by atoms with Crippen LogP contribution in [0.3, 0.4) is 0 Å². The van der Waals surface area contributed by atoms with Gasteiger partial charge in [-0.1, -0.05) is 23.7 Å². The molecular weight excluding hydrogens is 238 g/mol. The van der Waals surface area contributed by atoms with Gasteiger partial charge in [-0.3, -0.25) is 0 Å². The van der Waals surface area contributed by atoms with Gasteiger partial charge in [0.15, 0.2) is 0 Å². The molecular formula is C12H12ClN3O. The van der Waals surface area contributed by atoms with E-state index in [1.165, 1.54) is 0 Å². The second-order valence-electron chi connectivity index (χ2n) is 3.63. The summed E-state index contributed by atoms with van der Waals surface area (Å²) in [6.45, 7) is 0.543. The smallest absolute Gasteiger partial charge is 0.133 e. The number of nitrogens with two attached hydrogens (primary N) is 1. The molecule has 0 spiro atoms. The van der Waals surface area contributed by atoms with Gasteiger partial charge in [0.1, 0.15) is 16.7 Å². The maximum atomic E-state index is 9.31. The minimum atomic E-state index is 0.239. The second kappa shape index (κ2) is 4.93. The van der Waals surface area contributed by atoms with Gasteiger partial charge < -0.3 is 16.2 Å². The lowest BCUT2D eigenvalue weighted by atomic mass is 10.2. The van der Waals surface area contributed by atoms with Crippen LogP contribution in [0.15, 0.2) is 36.4 Å². The van der Waals surface area contributed by atoms with Crippen LogP contribution in [0.1, 0.15) is 5.56 Å². The molecule has 1 aromatic carbocycles. The van der Waals surface area contributed by atoms with E-state index in [4.69, 9.17) is 17.3 Å². The fourth-order valence-electron chi connectivity index (χ4n) is 1.47. The van der Waals surface area contributed by atoms with Crippen molar-refractivity contribution in [3.8, 4) is 5.75 Å². The number of aromatic hydroxyl groups is 1. The molecule has 1 aromatic heterocycles. The van der Waals surface area contributed by atoms with E-state index in [-0.39, 0.29) is 5.75 Å². The molecule has 0 aliphatic carbocycles. The van der Waals surface area contributed by atoms with Gasteiger partial charge in [0.25, 0.3) is 0 Å². The van der Waals surface area contributed by atoms with Gasteiger partial charge in [0.05, 0.1) is 0 Å². The fraction of sp³-hybridized carbons (Fsp3) is 0.0833. The summed E-state index contributed by atoms with van der Waals surface area (Å²) in [5.41, 5.74) is 7.16. The predicted molar refractivity (Wildman–Crippen MR) is 69.1 cm³/mol. The molecule has 0 fully saturated rings. The Bertz CT molecular complexity index is 511. The number of nitrogens with zero attached hydrogens (tertiary/aromatic N) is 1. The molecule has 0 aliphatic rings. The van der Waals surface area contributed by atoms with Gasteiger partial charge in [-0.25, -0.2) is 4.98 Å². The number of halogens is 1. The van der Waals surface area contributed by atoms with Crippen LogP contribution in [0.5, 0.6) is 5.75 Å². The lowest BCUT2D eigenvalue weighted by Gasteiger charge is -2.07. The topological polar surface area (TPSA) is 71.2 Å². The van der Waals surface area contributed by atoms with E-state index in [0.717, 1.165) is 5.56 Å². The van der Waals surface area contributed by atoms with E-state index in [0.29, 0.717) is 23.2 Å². The van der Waals surface area contributed by atoms with Crippen molar-refractivity contribution in [1.29, 1.82) is 0 Å². The summed E-state index contributed by atoms with van der Waals surface area (Å²) in [4.78, 5) is 4.08. The number of hydrogen-bond acceptors (Lipinski definition) is 4. The lowest BCUT2D eigenvalue weighted by Crippen LogP contribution is -2.02. The van der Waals surface area contributed by atoms with Crippen LogP contribution >= 0.6 is 11.6 Å². The van der Waals surface area contributed by atoms with Gasteiger partial charge in [0.2, 0.25) is 0 Å². The Labute approximate surface area is 104 Å². The third-order valence-corrected chi connectivity index (χ3v) is 2.39. The van der Waals surface area contributed by atoms with Crippen LogP contribution in [0.25, 0.3) is 0 Å². The van der Waals surface area contributed by atoms with Crippen molar-refractivity contribution in [1.82, 2.24) is 4.98 Å². The zero-order valence-corrected chi connectivity index (χ0v) is 9.78. The molecule has 0 amide bonds. The summed E-state index contributed by atoms with van der Waals surface area (Å²) in [5.74, 6) is 0.848. The van der Waals surface area contributed by atoms with Crippen LogP contribution < -0.4 is 11.1 Å². The van der Waals surface area contributed by atoms with Gasteiger partial charge in [-0.2, -0.15) is 0 Å². The number of nitrogens with one attached hydrogen (secondary N) is 1. The second-order valence-corrected chi connectivity index (χ2v) is 4.02. The number of phenolic OH excluding ortho intramolecular Hbond substituents is 1. The van der Waals surface area contributed by atoms with Crippen molar-refractivity contribution >= 4 is 23.1 Å². The van der Waals surface area contributed by atoms with Crippen LogP contribution in [0, 0.1) is 0 Å². The maximum absolute atomic E-state index is 9.31. The molecule has 88 valence electrons. The van der Waals surface area contributed by atoms with Crippen LogP contribution in [-0.2, 0) is 6.54 Å². The molecule has 0 saturated heterocycles. The molecule has 0 radical (unpaired) electrons. The largest absolute Gasteiger partial charge is 0.508 e. The number of aromatic nitrogens is 1. The molecule has 2 aromatic rings. The first-order valence-corrected chi connectivity index (χ1v) is 5.46. The standard InChI is InChI=1S/C12H12ClN3O/c13-11-5-9(14)6-12(16-11)15-7-8-2-1-3-10(17)4-8/h1-6,17H,7H2,(H3,14,15,16). The van der Waals surface area contributed by atoms with E-state index >= 15 is 0 Å². The highest BCUT2D eigenvalue weighted by atomic mass is 35.5. The first kappa shape index (κ1) is 11.5. The van der Waals surface area contributed by atoms with Gasteiger partial charge in [0, 0.05) is 18.3 Å². The van der Waals surface area contributed by atoms with E-state index in [1.807, 2.05) is 6.07 Å². The average Bonchev–Trinajstić information content (AvgIpc) is 2.25. The molecule has 0 bridgehead atoms. The molecule has 17 heavy (non-hydrogen) atoms. The SMILES string of the molecule is Nc1cc(Cl)nc(NCc2cccc(O)c2)c1. The molecule has 4 N–H and O–H groups in total. The fourth-order valence-corrected chi connectivity index (χ4v) is 1.68. The first-order valence-electron chi connectivity index (χ1n) is 5.08. The van der Waals surface area contributed by atoms with Crippen molar-refractivity contribution in [2.75, 3.05) is 11.1 Å². The molecule has 5 heteroatoms. The molecule has 4 nitrogen and oxygen atoms in total. The van der Waals surface area contributed by atoms with Crippen molar-refractivity contribution in [2.45, 2.75) is 6.54 Å². The van der Waals surface area contributed by atoms with Crippen molar-refractivity contribution in [3.63, 3.8) is 0 Å². The first-order chi connectivity index (χ1) is 8.13. The van der Waals surface area contributed by atoms with Crippen LogP contribution in [0.4, 0.5) is 11.5 Å². The van der Waals surface area contributed by atoms with Gasteiger partial charge in [-0.15, -0.1) is 0 Å². The Morgan fingerprint density at radius 1 is 1.29 bits per heavy atom. The lowest BCUT2D eigenvalue weighted by molar-refractivity contribution is 0.474. The highest BCUT2D eigenvalue weighted by molar-refractivity contribution is 6.29. The number of anilines is 2. The number of hydrogen-bond donors (Lipinski definition) is 3. The normalized spacial score (nSPS) is 10.2. The zero-order chi connectivity index (χ0) is 12.3. The van der Waals surface area contributed by atoms with E-state index in [9.17, 15) is 5.11 Å². The van der Waals surface area contributed by atoms with E-state index in [1.54, 1.807) is 30.3 Å². The summed E-state index contributed by atoms with van der Waals surface area (Å²) in [5, 5.41) is 12.7. The summed E-state index contributed by atoms with van der Waals surface area (Å²) in [6, 6.07) is 10.3. The third-order valence-electron chi connectivity index (χ3n) is 2.20. The van der Waals surface area contributed by atoms with E-state index < -0.39 is 0 Å². The number of benzene rings is 1. The zero-order valence-electron chi connectivity index (χ0n) is 9.02. The Balaban J connectivity index is 2.07. The maximum Gasteiger partial charge on any atom is 0.133 e. The summed E-state index contributed by atoms with van der Waals surface area (Å²) < 4.78 is 0. The summed E-state index contributed by atoms with van der Waals surface area (Å²) >= 11 is 5.79. The van der Waals surface area contributed by atoms with E-state index in [2.05, 4.69) is 10.3 Å². The molecule has 0 unspecified atom stereocenters. The number of rotatable bonds is 3. The Morgan fingerprint density at radius 3 is 2.82 bits per heavy atom. The van der Waals surface area contributed by atoms with Crippen molar-refractivity contribution < 1.29 is 5.11 Å². The highest BCUT2D eigenvalue weighted by Gasteiger charge is 1.99. The molecule has 0 aliphatic heterocycles. The van der Waals surface area contributed by atoms with Crippen molar-refractivity contribution in [2.24, 2.45) is 0 Å². The molecule has 2 rings (SSSR count). The molecule has 0 atom stereocenters. The minimum absolute atomic E-state index is 0.239. The van der Waals surface area contributed by atoms with Crippen LogP contribution in [-0.4, -0.2) is 10.1 Å². The molecule has 1 heterocycles. The van der Waals surface area contributed by atoms with Gasteiger partial charge in [-0.05, 0) is 23.8 Å². The Hall–Kier alpha value is -1.94. The number of phenols is 1. The summed E-state index contributed by atoms with van der Waals surface area (Å²) in [6.07, 6.45) is 0. The minimum Gasteiger partial charge on any atom is -0.508 e. The van der Waals surface area contributed by atoms with Crippen LogP contribution in [0.2, 0.25) is 5.15 Å². The Kier molecular flexibility index (Phi) is 3.35. The molecule has 0 saturated carbocycles. The third kappa shape index (κ3) is 3.26. The quantitative estimate of drug-likeness (QED) is 0.732.